The van der Waals surface area contributed by atoms with E-state index in [1.54, 1.807) is 20.8 Å². The largest absolute Gasteiger partial charge is 0.444 e. The van der Waals surface area contributed by atoms with Crippen LogP contribution in [-0.2, 0) is 14.3 Å². The first-order valence-electron chi connectivity index (χ1n) is 12.4. The Balaban J connectivity index is 2.40. The van der Waals surface area contributed by atoms with E-state index in [1.807, 2.05) is 32.0 Å². The summed E-state index contributed by atoms with van der Waals surface area (Å²) in [6, 6.07) is 3.29. The number of benzene rings is 1. The molecular formula is C26H41N3O6. The van der Waals surface area contributed by atoms with Crippen LogP contribution in [0.4, 0.5) is 4.79 Å². The van der Waals surface area contributed by atoms with Crippen LogP contribution in [0.15, 0.2) is 18.2 Å². The Morgan fingerprint density at radius 1 is 1.06 bits per heavy atom. The third-order valence-corrected chi connectivity index (χ3v) is 5.87. The minimum absolute atomic E-state index is 0.0178. The molecule has 3 amide bonds. The molecular weight excluding hydrogens is 450 g/mol. The number of aliphatic hydroxyl groups excluding tert-OH is 2. The zero-order valence-electron chi connectivity index (χ0n) is 21.6. The lowest BCUT2D eigenvalue weighted by Gasteiger charge is -2.35. The lowest BCUT2D eigenvalue weighted by atomic mass is 9.94. The second-order valence-electron chi connectivity index (χ2n) is 10.3. The van der Waals surface area contributed by atoms with Gasteiger partial charge in [-0.2, -0.15) is 0 Å². The highest BCUT2D eigenvalue weighted by Crippen LogP contribution is 2.26. The summed E-state index contributed by atoms with van der Waals surface area (Å²) >= 11 is 0. The number of alkyl carbamates (subject to hydrolysis) is 1. The molecule has 2 unspecified atom stereocenters. The molecule has 1 aromatic carbocycles. The molecule has 1 fully saturated rings. The maximum atomic E-state index is 13.6. The molecule has 35 heavy (non-hydrogen) atoms. The molecule has 2 atom stereocenters. The third-order valence-electron chi connectivity index (χ3n) is 5.87. The van der Waals surface area contributed by atoms with Gasteiger partial charge in [-0.15, -0.1) is 0 Å². The molecule has 4 N–H and O–H groups in total. The Hall–Kier alpha value is -2.65. The van der Waals surface area contributed by atoms with Gasteiger partial charge in [0, 0.05) is 12.6 Å². The standard InChI is InChI=1S/C26H41N3O6/c1-17-13-18(2)15-19(14-17)22(23(32)27-20-9-7-6-8-10-20)29(11-12-30)24(33)21(16-31)28-25(34)35-26(3,4)5/h13-15,20-22,30-31H,6-12,16H2,1-5H3,(H,27,32)(H,28,34). The van der Waals surface area contributed by atoms with Crippen LogP contribution in [0.5, 0.6) is 0 Å². The van der Waals surface area contributed by atoms with Crippen molar-refractivity contribution in [3.05, 3.63) is 34.9 Å². The van der Waals surface area contributed by atoms with Gasteiger partial charge in [0.05, 0.1) is 13.2 Å². The third kappa shape index (κ3) is 8.81. The minimum atomic E-state index is -1.34. The highest BCUT2D eigenvalue weighted by atomic mass is 16.6. The van der Waals surface area contributed by atoms with Gasteiger partial charge in [-0.1, -0.05) is 48.6 Å². The zero-order chi connectivity index (χ0) is 26.2. The van der Waals surface area contributed by atoms with E-state index in [-0.39, 0.29) is 18.5 Å². The van der Waals surface area contributed by atoms with E-state index >= 15 is 0 Å². The number of hydrogen-bond donors (Lipinski definition) is 4. The number of aliphatic hydroxyl groups is 2. The second kappa shape index (κ2) is 12.9. The van der Waals surface area contributed by atoms with Crippen LogP contribution in [0.2, 0.25) is 0 Å². The van der Waals surface area contributed by atoms with Gasteiger partial charge in [-0.25, -0.2) is 4.79 Å². The molecule has 1 aliphatic carbocycles. The van der Waals surface area contributed by atoms with Crippen LogP contribution >= 0.6 is 0 Å². The summed E-state index contributed by atoms with van der Waals surface area (Å²) in [5.41, 5.74) is 1.67. The number of rotatable bonds is 9. The first-order valence-corrected chi connectivity index (χ1v) is 12.4. The van der Waals surface area contributed by atoms with Crippen LogP contribution in [-0.4, -0.2) is 70.5 Å². The van der Waals surface area contributed by atoms with Gasteiger partial charge in [0.15, 0.2) is 0 Å². The van der Waals surface area contributed by atoms with Crippen LogP contribution in [0.3, 0.4) is 0 Å². The van der Waals surface area contributed by atoms with E-state index in [1.165, 1.54) is 4.90 Å². The van der Waals surface area contributed by atoms with Crippen molar-refractivity contribution in [3.63, 3.8) is 0 Å². The minimum Gasteiger partial charge on any atom is -0.444 e. The summed E-state index contributed by atoms with van der Waals surface area (Å²) in [5, 5.41) is 25.2. The molecule has 196 valence electrons. The Morgan fingerprint density at radius 2 is 1.66 bits per heavy atom. The van der Waals surface area contributed by atoms with Crippen LogP contribution in [0.25, 0.3) is 0 Å². The van der Waals surface area contributed by atoms with Crippen molar-refractivity contribution >= 4 is 17.9 Å². The summed E-state index contributed by atoms with van der Waals surface area (Å²) in [6.45, 7) is 7.64. The maximum Gasteiger partial charge on any atom is 0.408 e. The topological polar surface area (TPSA) is 128 Å². The lowest BCUT2D eigenvalue weighted by molar-refractivity contribution is -0.144. The van der Waals surface area contributed by atoms with Gasteiger partial charge in [0.25, 0.3) is 0 Å². The van der Waals surface area contributed by atoms with E-state index < -0.39 is 42.9 Å². The molecule has 1 saturated carbocycles. The van der Waals surface area contributed by atoms with Gasteiger partial charge >= 0.3 is 6.09 Å². The SMILES string of the molecule is Cc1cc(C)cc(C(C(=O)NC2CCCCC2)N(CCO)C(=O)C(CO)NC(=O)OC(C)(C)C)c1. The Morgan fingerprint density at radius 3 is 2.17 bits per heavy atom. The maximum absolute atomic E-state index is 13.6. The van der Waals surface area contributed by atoms with E-state index in [4.69, 9.17) is 4.74 Å². The Bertz CT molecular complexity index is 856. The molecule has 0 saturated heterocycles. The number of amides is 3. The summed E-state index contributed by atoms with van der Waals surface area (Å²) in [4.78, 5) is 40.7. The smallest absolute Gasteiger partial charge is 0.408 e. The predicted octanol–water partition coefficient (Wildman–Crippen LogP) is 2.50. The van der Waals surface area contributed by atoms with E-state index in [2.05, 4.69) is 10.6 Å². The molecule has 0 aromatic heterocycles. The number of aryl methyl sites for hydroxylation is 2. The Labute approximate surface area is 208 Å². The van der Waals surface area contributed by atoms with Gasteiger partial charge < -0.3 is 30.5 Å². The highest BCUT2D eigenvalue weighted by Gasteiger charge is 2.36. The van der Waals surface area contributed by atoms with Gasteiger partial charge in [-0.3, -0.25) is 9.59 Å². The molecule has 0 spiro atoms. The first kappa shape index (κ1) is 28.6. The molecule has 0 aliphatic heterocycles. The fourth-order valence-corrected chi connectivity index (χ4v) is 4.48. The fraction of sp³-hybridized carbons (Fsp3) is 0.654. The second-order valence-corrected chi connectivity index (χ2v) is 10.3. The quantitative estimate of drug-likeness (QED) is 0.420. The number of carbonyl (C=O) groups is 3. The molecule has 9 nitrogen and oxygen atoms in total. The van der Waals surface area contributed by atoms with E-state index in [9.17, 15) is 24.6 Å². The van der Waals surface area contributed by atoms with Crippen molar-refractivity contribution in [2.24, 2.45) is 0 Å². The van der Waals surface area contributed by atoms with Crippen LogP contribution in [0.1, 0.15) is 75.6 Å². The van der Waals surface area contributed by atoms with Gasteiger partial charge in [0.1, 0.15) is 17.7 Å². The number of carbonyl (C=O) groups excluding carboxylic acids is 3. The fourth-order valence-electron chi connectivity index (χ4n) is 4.48. The first-order chi connectivity index (χ1) is 16.4. The normalized spacial score (nSPS) is 16.2. The van der Waals surface area contributed by atoms with E-state index in [0.717, 1.165) is 43.2 Å². The average molecular weight is 492 g/mol. The lowest BCUT2D eigenvalue weighted by Crippen LogP contribution is -2.55. The molecule has 9 heteroatoms. The highest BCUT2D eigenvalue weighted by molar-refractivity contribution is 5.92. The van der Waals surface area contributed by atoms with Crippen molar-refractivity contribution < 1.29 is 29.3 Å². The summed E-state index contributed by atoms with van der Waals surface area (Å²) in [7, 11) is 0. The van der Waals surface area contributed by atoms with Crippen molar-refractivity contribution in [2.45, 2.75) is 90.4 Å². The molecule has 0 radical (unpaired) electrons. The van der Waals surface area contributed by atoms with Crippen LogP contribution < -0.4 is 10.6 Å². The van der Waals surface area contributed by atoms with Crippen molar-refractivity contribution in [1.29, 1.82) is 0 Å². The van der Waals surface area contributed by atoms with Gasteiger partial charge in [0.2, 0.25) is 11.8 Å². The zero-order valence-corrected chi connectivity index (χ0v) is 21.6. The number of hydrogen-bond acceptors (Lipinski definition) is 6. The summed E-state index contributed by atoms with van der Waals surface area (Å²) in [6.07, 6.45) is 4.09. The van der Waals surface area contributed by atoms with Crippen molar-refractivity contribution in [1.82, 2.24) is 15.5 Å². The number of nitrogens with zero attached hydrogens (tertiary/aromatic N) is 1. The Kier molecular flexibility index (Phi) is 10.5. The average Bonchev–Trinajstić information content (AvgIpc) is 2.75. The van der Waals surface area contributed by atoms with Crippen LogP contribution in [0, 0.1) is 13.8 Å². The molecule has 0 heterocycles. The monoisotopic (exact) mass is 491 g/mol. The number of nitrogens with one attached hydrogen (secondary N) is 2. The molecule has 0 bridgehead atoms. The van der Waals surface area contributed by atoms with E-state index in [0.29, 0.717) is 5.56 Å². The molecule has 1 aromatic rings. The molecule has 1 aliphatic rings. The molecule has 2 rings (SSSR count). The number of ether oxygens (including phenoxy) is 1. The predicted molar refractivity (Wildman–Crippen MR) is 133 cm³/mol. The summed E-state index contributed by atoms with van der Waals surface area (Å²) < 4.78 is 5.22. The summed E-state index contributed by atoms with van der Waals surface area (Å²) in [5.74, 6) is -1.03. The van der Waals surface area contributed by atoms with Gasteiger partial charge in [-0.05, 0) is 53.0 Å². The van der Waals surface area contributed by atoms with Crippen molar-refractivity contribution in [3.8, 4) is 0 Å². The van der Waals surface area contributed by atoms with Crippen molar-refractivity contribution in [2.75, 3.05) is 19.8 Å².